The quantitative estimate of drug-likeness (QED) is 0.699. The molecule has 2 N–H and O–H groups in total. The molecule has 0 fully saturated rings. The maximum absolute atomic E-state index is 12.8. The molecule has 0 aliphatic rings. The van der Waals surface area contributed by atoms with Crippen LogP contribution < -0.4 is 5.73 Å². The van der Waals surface area contributed by atoms with Crippen LogP contribution in [0.3, 0.4) is 0 Å². The predicted octanol–water partition coefficient (Wildman–Crippen LogP) is 2.32. The molecule has 0 bridgehead atoms. The van der Waals surface area contributed by atoms with Crippen molar-refractivity contribution in [3.05, 3.63) is 48.1 Å². The summed E-state index contributed by atoms with van der Waals surface area (Å²) in [4.78, 5) is 0. The second-order valence-corrected chi connectivity index (χ2v) is 3.14. The summed E-state index contributed by atoms with van der Waals surface area (Å²) < 4.78 is 25.5. The monoisotopic (exact) mass is 183 g/mol. The van der Waals surface area contributed by atoms with E-state index < -0.39 is 17.2 Å². The Bertz CT molecular complexity index is 311. The molecule has 1 rings (SSSR count). The van der Waals surface area contributed by atoms with Crippen LogP contribution in [-0.4, -0.2) is 0 Å². The Morgan fingerprint density at radius 1 is 1.31 bits per heavy atom. The standard InChI is InChI=1S/C10H11F2N/c1-3-10(2,13)7-4-8(11)6-9(12)5-7/h3-6H,1,13H2,2H3/t10-/m1/s1. The van der Waals surface area contributed by atoms with Crippen LogP contribution in [0.5, 0.6) is 0 Å². The van der Waals surface area contributed by atoms with Gasteiger partial charge in [-0.3, -0.25) is 0 Å². The fourth-order valence-corrected chi connectivity index (χ4v) is 0.983. The summed E-state index contributed by atoms with van der Waals surface area (Å²) in [5, 5.41) is 0. The van der Waals surface area contributed by atoms with Crippen LogP contribution in [-0.2, 0) is 5.54 Å². The topological polar surface area (TPSA) is 26.0 Å². The highest BCUT2D eigenvalue weighted by molar-refractivity contribution is 5.28. The second kappa shape index (κ2) is 3.26. The Kier molecular flexibility index (Phi) is 2.48. The molecular formula is C10H11F2N. The van der Waals surface area contributed by atoms with Gasteiger partial charge in [0.25, 0.3) is 0 Å². The fraction of sp³-hybridized carbons (Fsp3) is 0.200. The smallest absolute Gasteiger partial charge is 0.126 e. The number of nitrogens with two attached hydrogens (primary N) is 1. The Labute approximate surface area is 75.9 Å². The third-order valence-electron chi connectivity index (χ3n) is 1.91. The summed E-state index contributed by atoms with van der Waals surface area (Å²) >= 11 is 0. The summed E-state index contributed by atoms with van der Waals surface area (Å²) in [5.41, 5.74) is 5.20. The maximum Gasteiger partial charge on any atom is 0.126 e. The summed E-state index contributed by atoms with van der Waals surface area (Å²) in [6.07, 6.45) is 1.45. The lowest BCUT2D eigenvalue weighted by molar-refractivity contribution is 0.558. The van der Waals surface area contributed by atoms with Gasteiger partial charge in [-0.1, -0.05) is 6.08 Å². The van der Waals surface area contributed by atoms with Crippen LogP contribution in [0.4, 0.5) is 8.78 Å². The van der Waals surface area contributed by atoms with Crippen molar-refractivity contribution in [1.29, 1.82) is 0 Å². The van der Waals surface area contributed by atoms with Gasteiger partial charge in [0.2, 0.25) is 0 Å². The van der Waals surface area contributed by atoms with E-state index in [4.69, 9.17) is 5.73 Å². The number of rotatable bonds is 2. The van der Waals surface area contributed by atoms with E-state index in [2.05, 4.69) is 6.58 Å². The molecule has 70 valence electrons. The zero-order valence-electron chi connectivity index (χ0n) is 7.35. The van der Waals surface area contributed by atoms with E-state index in [0.717, 1.165) is 6.07 Å². The third-order valence-corrected chi connectivity index (χ3v) is 1.91. The number of halogens is 2. The van der Waals surface area contributed by atoms with Crippen molar-refractivity contribution >= 4 is 0 Å². The molecule has 0 aromatic heterocycles. The Morgan fingerprint density at radius 2 is 1.77 bits per heavy atom. The number of hydrogen-bond donors (Lipinski definition) is 1. The first-order chi connectivity index (χ1) is 5.95. The van der Waals surface area contributed by atoms with Crippen LogP contribution in [0.25, 0.3) is 0 Å². The van der Waals surface area contributed by atoms with Crippen molar-refractivity contribution in [3.8, 4) is 0 Å². The van der Waals surface area contributed by atoms with Crippen molar-refractivity contribution in [3.63, 3.8) is 0 Å². The van der Waals surface area contributed by atoms with Crippen molar-refractivity contribution in [2.45, 2.75) is 12.5 Å². The highest BCUT2D eigenvalue weighted by Crippen LogP contribution is 2.20. The molecule has 0 saturated carbocycles. The van der Waals surface area contributed by atoms with E-state index in [-0.39, 0.29) is 0 Å². The van der Waals surface area contributed by atoms with Gasteiger partial charge in [0, 0.05) is 6.07 Å². The molecule has 0 amide bonds. The Balaban J connectivity index is 3.22. The largest absolute Gasteiger partial charge is 0.318 e. The van der Waals surface area contributed by atoms with Crippen LogP contribution in [0.1, 0.15) is 12.5 Å². The second-order valence-electron chi connectivity index (χ2n) is 3.14. The first-order valence-corrected chi connectivity index (χ1v) is 3.85. The van der Waals surface area contributed by atoms with E-state index in [1.807, 2.05) is 0 Å². The predicted molar refractivity (Wildman–Crippen MR) is 48.1 cm³/mol. The maximum atomic E-state index is 12.8. The lowest BCUT2D eigenvalue weighted by Crippen LogP contribution is -2.30. The van der Waals surface area contributed by atoms with Gasteiger partial charge < -0.3 is 5.73 Å². The fourth-order valence-electron chi connectivity index (χ4n) is 0.983. The van der Waals surface area contributed by atoms with Crippen LogP contribution in [0, 0.1) is 11.6 Å². The van der Waals surface area contributed by atoms with Crippen LogP contribution >= 0.6 is 0 Å². The van der Waals surface area contributed by atoms with Gasteiger partial charge in [0.05, 0.1) is 5.54 Å². The van der Waals surface area contributed by atoms with Gasteiger partial charge in [0.1, 0.15) is 11.6 Å². The number of benzene rings is 1. The van der Waals surface area contributed by atoms with Gasteiger partial charge >= 0.3 is 0 Å². The lowest BCUT2D eigenvalue weighted by Gasteiger charge is -2.20. The molecule has 1 aromatic rings. The van der Waals surface area contributed by atoms with Crippen molar-refractivity contribution < 1.29 is 8.78 Å². The first-order valence-electron chi connectivity index (χ1n) is 3.85. The molecule has 0 spiro atoms. The zero-order valence-corrected chi connectivity index (χ0v) is 7.35. The number of hydrogen-bond acceptors (Lipinski definition) is 1. The van der Waals surface area contributed by atoms with E-state index in [1.165, 1.54) is 18.2 Å². The molecule has 1 nitrogen and oxygen atoms in total. The van der Waals surface area contributed by atoms with Gasteiger partial charge in [-0.15, -0.1) is 6.58 Å². The molecule has 1 atom stereocenters. The average molecular weight is 183 g/mol. The van der Waals surface area contributed by atoms with Gasteiger partial charge in [0.15, 0.2) is 0 Å². The molecular weight excluding hydrogens is 172 g/mol. The van der Waals surface area contributed by atoms with Crippen molar-refractivity contribution in [2.75, 3.05) is 0 Å². The molecule has 0 radical (unpaired) electrons. The highest BCUT2D eigenvalue weighted by Gasteiger charge is 2.18. The Hall–Kier alpha value is -1.22. The molecule has 0 aliphatic heterocycles. The van der Waals surface area contributed by atoms with E-state index >= 15 is 0 Å². The summed E-state index contributed by atoms with van der Waals surface area (Å²) in [7, 11) is 0. The van der Waals surface area contributed by atoms with Crippen LogP contribution in [0.15, 0.2) is 30.9 Å². The van der Waals surface area contributed by atoms with Gasteiger partial charge in [-0.05, 0) is 24.6 Å². The molecule has 0 saturated heterocycles. The normalized spacial score (nSPS) is 15.1. The zero-order chi connectivity index (χ0) is 10.1. The summed E-state index contributed by atoms with van der Waals surface area (Å²) in [6, 6.07) is 3.21. The third kappa shape index (κ3) is 2.12. The lowest BCUT2D eigenvalue weighted by atomic mass is 9.93. The minimum Gasteiger partial charge on any atom is -0.318 e. The summed E-state index contributed by atoms with van der Waals surface area (Å²) in [6.45, 7) is 5.13. The van der Waals surface area contributed by atoms with E-state index in [1.54, 1.807) is 6.92 Å². The van der Waals surface area contributed by atoms with Gasteiger partial charge in [-0.25, -0.2) is 8.78 Å². The minimum absolute atomic E-state index is 0.375. The molecule has 3 heteroatoms. The Morgan fingerprint density at radius 3 is 2.15 bits per heavy atom. The van der Waals surface area contributed by atoms with Gasteiger partial charge in [-0.2, -0.15) is 0 Å². The van der Waals surface area contributed by atoms with E-state index in [0.29, 0.717) is 5.56 Å². The van der Waals surface area contributed by atoms with E-state index in [9.17, 15) is 8.78 Å². The molecule has 0 unspecified atom stereocenters. The van der Waals surface area contributed by atoms with Crippen molar-refractivity contribution in [1.82, 2.24) is 0 Å². The first kappa shape index (κ1) is 9.86. The molecule has 0 heterocycles. The average Bonchev–Trinajstić information content (AvgIpc) is 2.02. The van der Waals surface area contributed by atoms with Crippen molar-refractivity contribution in [2.24, 2.45) is 5.73 Å². The molecule has 1 aromatic carbocycles. The van der Waals surface area contributed by atoms with Crippen LogP contribution in [0.2, 0.25) is 0 Å². The summed E-state index contributed by atoms with van der Waals surface area (Å²) in [5.74, 6) is -1.26. The molecule has 0 aliphatic carbocycles. The SMILES string of the molecule is C=C[C@@](C)(N)c1cc(F)cc(F)c1. The highest BCUT2D eigenvalue weighted by atomic mass is 19.1. The molecule has 13 heavy (non-hydrogen) atoms. The minimum atomic E-state index is -0.900.